The molecule has 6 nitrogen and oxygen atoms in total. The Morgan fingerprint density at radius 2 is 1.82 bits per heavy atom. The lowest BCUT2D eigenvalue weighted by atomic mass is 10.1. The molecule has 0 aliphatic carbocycles. The molecule has 1 N–H and O–H groups in total. The molecule has 158 valence electrons. The van der Waals surface area contributed by atoms with Crippen molar-refractivity contribution in [1.29, 1.82) is 0 Å². The predicted molar refractivity (Wildman–Crippen MR) is 125 cm³/mol. The van der Waals surface area contributed by atoms with Crippen LogP contribution in [0.4, 0.5) is 0 Å². The molecule has 28 heavy (non-hydrogen) atoms. The molecule has 1 aromatic carbocycles. The van der Waals surface area contributed by atoms with E-state index >= 15 is 0 Å². The fraction of sp³-hybridized carbons (Fsp3) is 0.667. The Bertz CT molecular complexity index is 559. The molecule has 0 saturated carbocycles. The van der Waals surface area contributed by atoms with Crippen molar-refractivity contribution in [1.82, 2.24) is 15.1 Å². The summed E-state index contributed by atoms with van der Waals surface area (Å²) in [5.74, 6) is 2.00. The van der Waals surface area contributed by atoms with E-state index in [-0.39, 0.29) is 24.0 Å². The Labute approximate surface area is 186 Å². The molecule has 7 heteroatoms. The number of likely N-dealkylation sites (tertiary alicyclic amines) is 1. The maximum Gasteiger partial charge on any atom is 0.193 e. The van der Waals surface area contributed by atoms with Crippen molar-refractivity contribution >= 4 is 29.9 Å². The molecule has 2 heterocycles. The summed E-state index contributed by atoms with van der Waals surface area (Å²) < 4.78 is 11.5. The smallest absolute Gasteiger partial charge is 0.193 e. The third-order valence-corrected chi connectivity index (χ3v) is 5.29. The van der Waals surface area contributed by atoms with Gasteiger partial charge in [0, 0.05) is 52.6 Å². The van der Waals surface area contributed by atoms with E-state index in [0.717, 1.165) is 70.5 Å². The van der Waals surface area contributed by atoms with Gasteiger partial charge in [0.2, 0.25) is 0 Å². The van der Waals surface area contributed by atoms with Crippen LogP contribution in [0.15, 0.2) is 35.3 Å². The average Bonchev–Trinajstić information content (AvgIpc) is 2.73. The summed E-state index contributed by atoms with van der Waals surface area (Å²) in [5, 5.41) is 3.53. The van der Waals surface area contributed by atoms with E-state index < -0.39 is 0 Å². The van der Waals surface area contributed by atoms with Crippen molar-refractivity contribution in [3.63, 3.8) is 0 Å². The summed E-state index contributed by atoms with van der Waals surface area (Å²) in [4.78, 5) is 9.32. The third-order valence-electron chi connectivity index (χ3n) is 5.29. The number of benzene rings is 1. The Morgan fingerprint density at radius 3 is 2.50 bits per heavy atom. The first-order valence-electron chi connectivity index (χ1n) is 10.3. The summed E-state index contributed by atoms with van der Waals surface area (Å²) in [6, 6.07) is 10.1. The maximum atomic E-state index is 6.09. The quantitative estimate of drug-likeness (QED) is 0.269. The van der Waals surface area contributed by atoms with Crippen LogP contribution in [-0.4, -0.2) is 81.4 Å². The number of unbranched alkanes of at least 4 members (excludes halogenated alkanes) is 1. The molecule has 0 atom stereocenters. The molecular formula is C21H35IN4O2. The van der Waals surface area contributed by atoms with Gasteiger partial charge in [-0.05, 0) is 31.5 Å². The molecule has 0 aromatic heterocycles. The molecule has 3 rings (SSSR count). The zero-order chi connectivity index (χ0) is 18.7. The van der Waals surface area contributed by atoms with Crippen molar-refractivity contribution in [2.24, 2.45) is 4.99 Å². The summed E-state index contributed by atoms with van der Waals surface area (Å²) in [5.41, 5.74) is 0. The topological polar surface area (TPSA) is 49.3 Å². The number of hydrogen-bond donors (Lipinski definition) is 1. The van der Waals surface area contributed by atoms with Gasteiger partial charge >= 0.3 is 0 Å². The monoisotopic (exact) mass is 502 g/mol. The molecule has 0 bridgehead atoms. The van der Waals surface area contributed by atoms with Crippen LogP contribution < -0.4 is 10.1 Å². The molecule has 2 aliphatic rings. The number of nitrogens with one attached hydrogen (secondary N) is 1. The normalized spacial score (nSPS) is 19.2. The number of guanidine groups is 1. The summed E-state index contributed by atoms with van der Waals surface area (Å²) in [6.45, 7) is 8.06. The van der Waals surface area contributed by atoms with Gasteiger partial charge in [0.25, 0.3) is 0 Å². The lowest BCUT2D eigenvalue weighted by Gasteiger charge is -2.34. The van der Waals surface area contributed by atoms with Crippen molar-refractivity contribution in [3.8, 4) is 5.75 Å². The van der Waals surface area contributed by atoms with Gasteiger partial charge in [-0.2, -0.15) is 0 Å². The summed E-state index contributed by atoms with van der Waals surface area (Å²) in [7, 11) is 1.88. The Morgan fingerprint density at radius 1 is 1.11 bits per heavy atom. The summed E-state index contributed by atoms with van der Waals surface area (Å²) >= 11 is 0. The number of morpholine rings is 1. The van der Waals surface area contributed by atoms with Crippen molar-refractivity contribution in [3.05, 3.63) is 30.3 Å². The molecule has 0 radical (unpaired) electrons. The van der Waals surface area contributed by atoms with Gasteiger partial charge in [0.15, 0.2) is 5.96 Å². The van der Waals surface area contributed by atoms with Crippen LogP contribution in [0.1, 0.15) is 25.7 Å². The van der Waals surface area contributed by atoms with Gasteiger partial charge in [-0.15, -0.1) is 24.0 Å². The van der Waals surface area contributed by atoms with Gasteiger partial charge in [0.1, 0.15) is 11.9 Å². The Kier molecular flexibility index (Phi) is 11.0. The lowest BCUT2D eigenvalue weighted by Crippen LogP contribution is -2.47. The van der Waals surface area contributed by atoms with Gasteiger partial charge < -0.3 is 19.7 Å². The first kappa shape index (κ1) is 23.2. The minimum absolute atomic E-state index is 0. The Balaban J connectivity index is 0.00000280. The highest BCUT2D eigenvalue weighted by Gasteiger charge is 2.22. The number of halogens is 1. The minimum Gasteiger partial charge on any atom is -0.490 e. The molecule has 0 spiro atoms. The van der Waals surface area contributed by atoms with Gasteiger partial charge in [-0.1, -0.05) is 18.2 Å². The first-order valence-corrected chi connectivity index (χ1v) is 10.3. The fourth-order valence-electron chi connectivity index (χ4n) is 3.69. The number of ether oxygens (including phenoxy) is 2. The second-order valence-corrected chi connectivity index (χ2v) is 7.25. The standard InChI is InChI=1S/C21H34N4O2.HI/c1-22-21(23-11-5-6-12-24-15-17-26-18-16-24)25-13-9-20(10-14-25)27-19-7-3-2-4-8-19;/h2-4,7-8,20H,5-6,9-18H2,1H3,(H,22,23);1H. The third kappa shape index (κ3) is 7.75. The van der Waals surface area contributed by atoms with Crippen LogP contribution in [0.25, 0.3) is 0 Å². The molecule has 2 saturated heterocycles. The number of nitrogens with zero attached hydrogens (tertiary/aromatic N) is 3. The summed E-state index contributed by atoms with van der Waals surface area (Å²) in [6.07, 6.45) is 4.76. The van der Waals surface area contributed by atoms with E-state index in [2.05, 4.69) is 20.1 Å². The molecule has 0 unspecified atom stereocenters. The maximum absolute atomic E-state index is 6.09. The zero-order valence-electron chi connectivity index (χ0n) is 17.0. The molecule has 0 amide bonds. The molecule has 1 aromatic rings. The number of para-hydroxylation sites is 1. The van der Waals surface area contributed by atoms with Gasteiger partial charge in [-0.25, -0.2) is 0 Å². The number of piperidine rings is 1. The molecule has 2 fully saturated rings. The minimum atomic E-state index is 0. The zero-order valence-corrected chi connectivity index (χ0v) is 19.3. The van der Waals surface area contributed by atoms with Crippen LogP contribution in [0.2, 0.25) is 0 Å². The van der Waals surface area contributed by atoms with E-state index in [4.69, 9.17) is 9.47 Å². The van der Waals surface area contributed by atoms with E-state index in [9.17, 15) is 0 Å². The highest BCUT2D eigenvalue weighted by Crippen LogP contribution is 2.18. The number of aliphatic imine (C=N–C) groups is 1. The Hall–Kier alpha value is -1.06. The highest BCUT2D eigenvalue weighted by atomic mass is 127. The lowest BCUT2D eigenvalue weighted by molar-refractivity contribution is 0.0372. The van der Waals surface area contributed by atoms with Crippen LogP contribution in [0.5, 0.6) is 5.75 Å². The van der Waals surface area contributed by atoms with Gasteiger partial charge in [-0.3, -0.25) is 9.89 Å². The van der Waals surface area contributed by atoms with Crippen LogP contribution in [0.3, 0.4) is 0 Å². The fourth-order valence-corrected chi connectivity index (χ4v) is 3.69. The second kappa shape index (κ2) is 13.2. The molecular weight excluding hydrogens is 467 g/mol. The van der Waals surface area contributed by atoms with E-state index in [1.807, 2.05) is 37.4 Å². The van der Waals surface area contributed by atoms with Gasteiger partial charge in [0.05, 0.1) is 13.2 Å². The van der Waals surface area contributed by atoms with E-state index in [1.165, 1.54) is 19.4 Å². The molecule has 2 aliphatic heterocycles. The van der Waals surface area contributed by atoms with Crippen molar-refractivity contribution in [2.75, 3.05) is 59.5 Å². The SMILES string of the molecule is CN=C(NCCCCN1CCOCC1)N1CCC(Oc2ccccc2)CC1.I. The van der Waals surface area contributed by atoms with E-state index in [0.29, 0.717) is 6.10 Å². The number of hydrogen-bond acceptors (Lipinski definition) is 4. The first-order chi connectivity index (χ1) is 13.3. The van der Waals surface area contributed by atoms with Crippen molar-refractivity contribution < 1.29 is 9.47 Å². The van der Waals surface area contributed by atoms with Crippen LogP contribution in [0, 0.1) is 0 Å². The highest BCUT2D eigenvalue weighted by molar-refractivity contribution is 14.0. The number of rotatable bonds is 7. The van der Waals surface area contributed by atoms with Crippen LogP contribution in [-0.2, 0) is 4.74 Å². The van der Waals surface area contributed by atoms with Crippen molar-refractivity contribution in [2.45, 2.75) is 31.8 Å². The largest absolute Gasteiger partial charge is 0.490 e. The van der Waals surface area contributed by atoms with E-state index in [1.54, 1.807) is 0 Å². The average molecular weight is 502 g/mol. The second-order valence-electron chi connectivity index (χ2n) is 7.25. The van der Waals surface area contributed by atoms with Crippen LogP contribution >= 0.6 is 24.0 Å². The predicted octanol–water partition coefficient (Wildman–Crippen LogP) is 2.84.